The van der Waals surface area contributed by atoms with Crippen LogP contribution in [0.2, 0.25) is 0 Å². The number of nitrogens with zero attached hydrogens (tertiary/aromatic N) is 4. The number of carboxylic acid groups (broad SMARTS) is 1. The summed E-state index contributed by atoms with van der Waals surface area (Å²) in [5.41, 5.74) is 0.545. The molecule has 0 aliphatic heterocycles. The number of carboxylic acids is 1. The monoisotopic (exact) mass is 322 g/mol. The molecule has 0 bridgehead atoms. The lowest BCUT2D eigenvalue weighted by atomic mass is 10.3. The van der Waals surface area contributed by atoms with Crippen molar-refractivity contribution in [2.45, 2.75) is 24.9 Å². The van der Waals surface area contributed by atoms with Gasteiger partial charge in [-0.25, -0.2) is 0 Å². The van der Waals surface area contributed by atoms with E-state index >= 15 is 0 Å². The van der Waals surface area contributed by atoms with E-state index < -0.39 is 11.9 Å². The molecule has 1 aromatic heterocycles. The molecule has 9 heteroatoms. The second-order valence-corrected chi connectivity index (χ2v) is 5.34. The Kier molecular flexibility index (Phi) is 5.48. The lowest BCUT2D eigenvalue weighted by Crippen LogP contribution is -2.07. The summed E-state index contributed by atoms with van der Waals surface area (Å²) in [5, 5.41) is 20.5. The fraction of sp³-hybridized carbons (Fsp3) is 0.308. The molecule has 0 saturated heterocycles. The van der Waals surface area contributed by atoms with Crippen molar-refractivity contribution in [1.82, 2.24) is 20.2 Å². The summed E-state index contributed by atoms with van der Waals surface area (Å²) in [7, 11) is 0. The van der Waals surface area contributed by atoms with Crippen molar-refractivity contribution in [3.63, 3.8) is 0 Å². The van der Waals surface area contributed by atoms with E-state index in [1.165, 1.54) is 23.4 Å². The quantitative estimate of drug-likeness (QED) is 0.354. The lowest BCUT2D eigenvalue weighted by Gasteiger charge is -2.09. The van der Waals surface area contributed by atoms with E-state index in [4.69, 9.17) is 9.84 Å². The first-order valence-corrected chi connectivity index (χ1v) is 7.47. The number of aromatic nitrogens is 4. The van der Waals surface area contributed by atoms with Gasteiger partial charge in [0.2, 0.25) is 5.16 Å². The summed E-state index contributed by atoms with van der Waals surface area (Å²) < 4.78 is 6.60. The molecule has 2 aromatic rings. The highest BCUT2D eigenvalue weighted by Gasteiger charge is 2.14. The number of rotatable bonds is 7. The molecule has 0 unspecified atom stereocenters. The lowest BCUT2D eigenvalue weighted by molar-refractivity contribution is -0.137. The van der Waals surface area contributed by atoms with Gasteiger partial charge in [-0.3, -0.25) is 9.59 Å². The van der Waals surface area contributed by atoms with Gasteiger partial charge in [-0.05, 0) is 29.0 Å². The molecule has 1 heterocycles. The second kappa shape index (κ2) is 7.55. The number of esters is 1. The van der Waals surface area contributed by atoms with Gasteiger partial charge in [0.05, 0.1) is 0 Å². The van der Waals surface area contributed by atoms with Crippen molar-refractivity contribution in [2.24, 2.45) is 0 Å². The molecule has 2 rings (SSSR count). The van der Waals surface area contributed by atoms with Crippen LogP contribution in [0.1, 0.15) is 19.8 Å². The normalized spacial score (nSPS) is 10.4. The highest BCUT2D eigenvalue weighted by Crippen LogP contribution is 2.26. The van der Waals surface area contributed by atoms with E-state index in [9.17, 15) is 9.59 Å². The van der Waals surface area contributed by atoms with Crippen LogP contribution in [0.4, 0.5) is 0 Å². The van der Waals surface area contributed by atoms with Crippen LogP contribution >= 0.6 is 11.8 Å². The Balaban J connectivity index is 2.15. The Morgan fingerprint density at radius 3 is 2.86 bits per heavy atom. The minimum absolute atomic E-state index is 0.0958. The first-order valence-electron chi connectivity index (χ1n) is 6.48. The SMILES string of the molecule is CC(=O)Oc1ccccc1-n1nnnc1SCCCC(=O)O. The molecule has 116 valence electrons. The molecule has 0 saturated carbocycles. The molecule has 1 N–H and O–H groups in total. The van der Waals surface area contributed by atoms with E-state index in [2.05, 4.69) is 15.5 Å². The van der Waals surface area contributed by atoms with Crippen LogP contribution in [0.5, 0.6) is 5.75 Å². The third-order valence-corrected chi connectivity index (χ3v) is 3.56. The molecular formula is C13H14N4O4S. The van der Waals surface area contributed by atoms with Gasteiger partial charge in [0.15, 0.2) is 5.75 Å². The predicted octanol–water partition coefficient (Wildman–Crippen LogP) is 1.54. The van der Waals surface area contributed by atoms with Crippen molar-refractivity contribution in [2.75, 3.05) is 5.75 Å². The topological polar surface area (TPSA) is 107 Å². The first kappa shape index (κ1) is 16.0. The van der Waals surface area contributed by atoms with Gasteiger partial charge in [-0.1, -0.05) is 23.9 Å². The number of hydrogen-bond donors (Lipinski definition) is 1. The van der Waals surface area contributed by atoms with Crippen LogP contribution in [0, 0.1) is 0 Å². The Labute approximate surface area is 130 Å². The molecular weight excluding hydrogens is 308 g/mol. The molecule has 0 amide bonds. The number of ether oxygens (including phenoxy) is 1. The van der Waals surface area contributed by atoms with Crippen molar-refractivity contribution < 1.29 is 19.4 Å². The third kappa shape index (κ3) is 4.29. The fourth-order valence-corrected chi connectivity index (χ4v) is 2.50. The maximum Gasteiger partial charge on any atom is 0.308 e. The van der Waals surface area contributed by atoms with E-state index in [0.29, 0.717) is 28.8 Å². The zero-order chi connectivity index (χ0) is 15.9. The molecule has 0 aliphatic rings. The average Bonchev–Trinajstić information content (AvgIpc) is 2.91. The smallest absolute Gasteiger partial charge is 0.308 e. The summed E-state index contributed by atoms with van der Waals surface area (Å²) in [6.07, 6.45) is 0.608. The number of aliphatic carboxylic acids is 1. The maximum atomic E-state index is 11.2. The Hall–Kier alpha value is -2.42. The minimum atomic E-state index is -0.833. The zero-order valence-corrected chi connectivity index (χ0v) is 12.6. The summed E-state index contributed by atoms with van der Waals surface area (Å²) >= 11 is 1.34. The van der Waals surface area contributed by atoms with Gasteiger partial charge < -0.3 is 9.84 Å². The number of hydrogen-bond acceptors (Lipinski definition) is 7. The minimum Gasteiger partial charge on any atom is -0.481 e. The standard InChI is InChI=1S/C13H14N4O4S/c1-9(18)21-11-6-3-2-5-10(11)17-13(14-15-16-17)22-8-4-7-12(19)20/h2-3,5-6H,4,7-8H2,1H3,(H,19,20). The number of carbonyl (C=O) groups is 2. The maximum absolute atomic E-state index is 11.2. The Morgan fingerprint density at radius 1 is 1.36 bits per heavy atom. The highest BCUT2D eigenvalue weighted by atomic mass is 32.2. The van der Waals surface area contributed by atoms with Gasteiger partial charge >= 0.3 is 11.9 Å². The van der Waals surface area contributed by atoms with Gasteiger partial charge in [-0.15, -0.1) is 5.10 Å². The molecule has 0 aliphatic carbocycles. The number of para-hydroxylation sites is 2. The van der Waals surface area contributed by atoms with Gasteiger partial charge in [0.25, 0.3) is 0 Å². The molecule has 0 spiro atoms. The highest BCUT2D eigenvalue weighted by molar-refractivity contribution is 7.99. The molecule has 0 radical (unpaired) electrons. The van der Waals surface area contributed by atoms with Crippen LogP contribution in [-0.4, -0.2) is 43.0 Å². The second-order valence-electron chi connectivity index (χ2n) is 4.28. The van der Waals surface area contributed by atoms with Crippen LogP contribution in [0.25, 0.3) is 5.69 Å². The molecule has 22 heavy (non-hydrogen) atoms. The predicted molar refractivity (Wildman–Crippen MR) is 78.1 cm³/mol. The van der Waals surface area contributed by atoms with Gasteiger partial charge in [0, 0.05) is 19.1 Å². The molecule has 1 aromatic carbocycles. The number of benzene rings is 1. The molecule has 0 fully saturated rings. The van der Waals surface area contributed by atoms with Crippen LogP contribution < -0.4 is 4.74 Å². The largest absolute Gasteiger partial charge is 0.481 e. The first-order chi connectivity index (χ1) is 10.6. The van der Waals surface area contributed by atoms with E-state index in [-0.39, 0.29) is 6.42 Å². The molecule has 8 nitrogen and oxygen atoms in total. The van der Waals surface area contributed by atoms with Crippen LogP contribution in [0.3, 0.4) is 0 Å². The van der Waals surface area contributed by atoms with Crippen molar-refractivity contribution in [3.05, 3.63) is 24.3 Å². The zero-order valence-electron chi connectivity index (χ0n) is 11.8. The fourth-order valence-electron chi connectivity index (χ4n) is 1.68. The Morgan fingerprint density at radius 2 is 2.14 bits per heavy atom. The summed E-state index contributed by atoms with van der Waals surface area (Å²) in [6, 6.07) is 6.90. The average molecular weight is 322 g/mol. The van der Waals surface area contributed by atoms with Crippen LogP contribution in [0.15, 0.2) is 29.4 Å². The van der Waals surface area contributed by atoms with Crippen molar-refractivity contribution in [3.8, 4) is 11.4 Å². The van der Waals surface area contributed by atoms with E-state index in [0.717, 1.165) is 0 Å². The van der Waals surface area contributed by atoms with Crippen LogP contribution in [-0.2, 0) is 9.59 Å². The third-order valence-electron chi connectivity index (χ3n) is 2.55. The van der Waals surface area contributed by atoms with E-state index in [1.807, 2.05) is 0 Å². The number of carbonyl (C=O) groups excluding carboxylic acids is 1. The van der Waals surface area contributed by atoms with Gasteiger partial charge in [0.1, 0.15) is 5.69 Å². The summed E-state index contributed by atoms with van der Waals surface area (Å²) in [5.74, 6) is -0.339. The Bertz CT molecular complexity index is 674. The molecule has 0 atom stereocenters. The number of thioether (sulfide) groups is 1. The van der Waals surface area contributed by atoms with Crippen molar-refractivity contribution >= 4 is 23.7 Å². The summed E-state index contributed by atoms with van der Waals surface area (Å²) in [6.45, 7) is 1.32. The number of tetrazole rings is 1. The van der Waals surface area contributed by atoms with Crippen molar-refractivity contribution in [1.29, 1.82) is 0 Å². The van der Waals surface area contributed by atoms with E-state index in [1.54, 1.807) is 24.3 Å². The van der Waals surface area contributed by atoms with Gasteiger partial charge in [-0.2, -0.15) is 4.68 Å². The summed E-state index contributed by atoms with van der Waals surface area (Å²) in [4.78, 5) is 21.6.